The van der Waals surface area contributed by atoms with Crippen LogP contribution in [0.4, 0.5) is 5.69 Å². The molecule has 2 aromatic rings. The molecule has 0 aliphatic carbocycles. The first-order valence-corrected chi connectivity index (χ1v) is 7.16. The molecule has 1 amide bonds. The Bertz CT molecular complexity index is 624. The highest BCUT2D eigenvalue weighted by Crippen LogP contribution is 2.25. The topological polar surface area (TPSA) is 84.7 Å². The molecule has 110 valence electrons. The molecule has 0 saturated carbocycles. The number of anilines is 1. The summed E-state index contributed by atoms with van der Waals surface area (Å²) < 4.78 is 1.51. The molecule has 1 aliphatic rings. The van der Waals surface area contributed by atoms with Gasteiger partial charge in [-0.1, -0.05) is 11.6 Å². The molecule has 1 aliphatic heterocycles. The Hall–Kier alpha value is -1.99. The number of amides is 1. The number of hydrogen-bond donors (Lipinski definition) is 2. The van der Waals surface area contributed by atoms with E-state index in [9.17, 15) is 4.79 Å². The van der Waals surface area contributed by atoms with Crippen LogP contribution >= 0.6 is 11.6 Å². The molecule has 8 heteroatoms. The van der Waals surface area contributed by atoms with Crippen LogP contribution in [0.5, 0.6) is 0 Å². The molecule has 2 heterocycles. The third-order valence-corrected chi connectivity index (χ3v) is 3.82. The van der Waals surface area contributed by atoms with Crippen molar-refractivity contribution in [1.29, 1.82) is 0 Å². The second kappa shape index (κ2) is 6.19. The van der Waals surface area contributed by atoms with Crippen LogP contribution in [-0.4, -0.2) is 39.2 Å². The number of tetrazole rings is 1. The minimum atomic E-state index is -0.0218. The fourth-order valence-corrected chi connectivity index (χ4v) is 2.51. The quantitative estimate of drug-likeness (QED) is 0.891. The van der Waals surface area contributed by atoms with Crippen molar-refractivity contribution in [1.82, 2.24) is 25.5 Å². The van der Waals surface area contributed by atoms with E-state index in [2.05, 4.69) is 26.2 Å². The number of piperidine rings is 1. The Morgan fingerprint density at radius 3 is 3.10 bits per heavy atom. The van der Waals surface area contributed by atoms with Crippen LogP contribution in [0.25, 0.3) is 5.69 Å². The van der Waals surface area contributed by atoms with Crippen LogP contribution in [0.1, 0.15) is 12.8 Å². The summed E-state index contributed by atoms with van der Waals surface area (Å²) >= 11 is 6.15. The average molecular weight is 307 g/mol. The monoisotopic (exact) mass is 306 g/mol. The Kier molecular flexibility index (Phi) is 4.12. The number of hydrogen-bond acceptors (Lipinski definition) is 5. The van der Waals surface area contributed by atoms with Crippen molar-refractivity contribution < 1.29 is 4.79 Å². The maximum Gasteiger partial charge on any atom is 0.228 e. The summed E-state index contributed by atoms with van der Waals surface area (Å²) in [5.74, 6) is -0.0375. The van der Waals surface area contributed by atoms with Gasteiger partial charge in [-0.15, -0.1) is 5.10 Å². The van der Waals surface area contributed by atoms with Gasteiger partial charge in [-0.2, -0.15) is 0 Å². The Balaban J connectivity index is 1.78. The first-order valence-electron chi connectivity index (χ1n) is 6.78. The highest BCUT2D eigenvalue weighted by atomic mass is 35.5. The van der Waals surface area contributed by atoms with Gasteiger partial charge < -0.3 is 10.6 Å². The lowest BCUT2D eigenvalue weighted by Gasteiger charge is -2.22. The zero-order chi connectivity index (χ0) is 14.7. The largest absolute Gasteiger partial charge is 0.324 e. The van der Waals surface area contributed by atoms with Gasteiger partial charge in [-0.05, 0) is 48.0 Å². The van der Waals surface area contributed by atoms with Crippen LogP contribution < -0.4 is 10.6 Å². The molecule has 2 N–H and O–H groups in total. The van der Waals surface area contributed by atoms with E-state index in [-0.39, 0.29) is 11.8 Å². The van der Waals surface area contributed by atoms with E-state index in [1.54, 1.807) is 18.2 Å². The van der Waals surface area contributed by atoms with Gasteiger partial charge in [0.15, 0.2) is 0 Å². The normalized spacial score (nSPS) is 18.4. The minimum Gasteiger partial charge on any atom is -0.324 e. The second-order valence-corrected chi connectivity index (χ2v) is 5.36. The van der Waals surface area contributed by atoms with Crippen LogP contribution in [0.2, 0.25) is 5.02 Å². The van der Waals surface area contributed by atoms with Crippen LogP contribution in [0, 0.1) is 5.92 Å². The number of halogens is 1. The van der Waals surface area contributed by atoms with E-state index >= 15 is 0 Å². The van der Waals surface area contributed by atoms with Gasteiger partial charge >= 0.3 is 0 Å². The fraction of sp³-hybridized carbons (Fsp3) is 0.385. The fourth-order valence-electron chi connectivity index (χ4n) is 2.34. The SMILES string of the molecule is O=C(Nc1cc(-n2cnnn2)ccc1Cl)C1CCCNC1. The molecule has 0 bridgehead atoms. The molecule has 1 saturated heterocycles. The molecule has 1 unspecified atom stereocenters. The third kappa shape index (κ3) is 3.20. The first kappa shape index (κ1) is 14.0. The Morgan fingerprint density at radius 2 is 2.38 bits per heavy atom. The number of carbonyl (C=O) groups is 1. The second-order valence-electron chi connectivity index (χ2n) is 4.95. The molecule has 0 spiro atoms. The lowest BCUT2D eigenvalue weighted by Crippen LogP contribution is -2.37. The summed E-state index contributed by atoms with van der Waals surface area (Å²) in [7, 11) is 0. The van der Waals surface area contributed by atoms with Gasteiger partial charge in [0, 0.05) is 6.54 Å². The molecule has 1 aromatic carbocycles. The summed E-state index contributed by atoms with van der Waals surface area (Å²) in [6.07, 6.45) is 3.39. The molecule has 7 nitrogen and oxygen atoms in total. The maximum atomic E-state index is 12.3. The van der Waals surface area contributed by atoms with E-state index in [1.807, 2.05) is 0 Å². The standard InChI is InChI=1S/C13H15ClN6O/c14-11-4-3-10(20-8-16-18-19-20)6-12(11)17-13(21)9-2-1-5-15-7-9/h3-4,6,8-9,15H,1-2,5,7H2,(H,17,21). The molecule has 3 rings (SSSR count). The van der Waals surface area contributed by atoms with Gasteiger partial charge in [0.2, 0.25) is 5.91 Å². The number of benzene rings is 1. The smallest absolute Gasteiger partial charge is 0.228 e. The van der Waals surface area contributed by atoms with Gasteiger partial charge in [-0.25, -0.2) is 4.68 Å². The van der Waals surface area contributed by atoms with Crippen molar-refractivity contribution in [3.8, 4) is 5.69 Å². The van der Waals surface area contributed by atoms with Gasteiger partial charge in [0.1, 0.15) is 6.33 Å². The van der Waals surface area contributed by atoms with E-state index in [0.29, 0.717) is 17.3 Å². The molecule has 21 heavy (non-hydrogen) atoms. The summed E-state index contributed by atoms with van der Waals surface area (Å²) in [4.78, 5) is 12.3. The van der Waals surface area contributed by atoms with Crippen molar-refractivity contribution in [3.05, 3.63) is 29.5 Å². The predicted molar refractivity (Wildman–Crippen MR) is 78.4 cm³/mol. The zero-order valence-electron chi connectivity index (χ0n) is 11.3. The van der Waals surface area contributed by atoms with Crippen molar-refractivity contribution in [2.75, 3.05) is 18.4 Å². The van der Waals surface area contributed by atoms with Crippen LogP contribution in [0.3, 0.4) is 0 Å². The predicted octanol–water partition coefficient (Wildman–Crippen LogP) is 1.25. The minimum absolute atomic E-state index is 0.0158. The molecule has 1 atom stereocenters. The average Bonchev–Trinajstić information content (AvgIpc) is 3.04. The number of rotatable bonds is 3. The zero-order valence-corrected chi connectivity index (χ0v) is 12.0. The van der Waals surface area contributed by atoms with E-state index in [0.717, 1.165) is 25.1 Å². The molecule has 1 fully saturated rings. The Labute approximate surface area is 126 Å². The number of nitrogens with one attached hydrogen (secondary N) is 2. The highest BCUT2D eigenvalue weighted by molar-refractivity contribution is 6.33. The summed E-state index contributed by atoms with van der Waals surface area (Å²) in [5, 5.41) is 17.6. The molecular formula is C13H15ClN6O. The summed E-state index contributed by atoms with van der Waals surface area (Å²) in [6.45, 7) is 1.68. The summed E-state index contributed by atoms with van der Waals surface area (Å²) in [5.41, 5.74) is 1.31. The highest BCUT2D eigenvalue weighted by Gasteiger charge is 2.21. The number of aromatic nitrogens is 4. The van der Waals surface area contributed by atoms with Crippen molar-refractivity contribution in [3.63, 3.8) is 0 Å². The van der Waals surface area contributed by atoms with Crippen LogP contribution in [0.15, 0.2) is 24.5 Å². The van der Waals surface area contributed by atoms with Crippen molar-refractivity contribution >= 4 is 23.2 Å². The van der Waals surface area contributed by atoms with Gasteiger partial charge in [0.25, 0.3) is 0 Å². The molecule has 1 aromatic heterocycles. The number of carbonyl (C=O) groups excluding carboxylic acids is 1. The first-order chi connectivity index (χ1) is 10.2. The van der Waals surface area contributed by atoms with E-state index in [1.165, 1.54) is 11.0 Å². The number of nitrogens with zero attached hydrogens (tertiary/aromatic N) is 4. The third-order valence-electron chi connectivity index (χ3n) is 3.49. The lowest BCUT2D eigenvalue weighted by molar-refractivity contribution is -0.120. The van der Waals surface area contributed by atoms with E-state index in [4.69, 9.17) is 11.6 Å². The molecular weight excluding hydrogens is 292 g/mol. The maximum absolute atomic E-state index is 12.3. The van der Waals surface area contributed by atoms with Crippen molar-refractivity contribution in [2.45, 2.75) is 12.8 Å². The molecule has 0 radical (unpaired) electrons. The summed E-state index contributed by atoms with van der Waals surface area (Å²) in [6, 6.07) is 5.26. The van der Waals surface area contributed by atoms with Crippen molar-refractivity contribution in [2.24, 2.45) is 5.92 Å². The van der Waals surface area contributed by atoms with Crippen LogP contribution in [-0.2, 0) is 4.79 Å². The van der Waals surface area contributed by atoms with E-state index < -0.39 is 0 Å². The van der Waals surface area contributed by atoms with Gasteiger partial charge in [-0.3, -0.25) is 4.79 Å². The lowest BCUT2D eigenvalue weighted by atomic mass is 9.99. The van der Waals surface area contributed by atoms with Gasteiger partial charge in [0.05, 0.1) is 22.3 Å². The Morgan fingerprint density at radius 1 is 1.48 bits per heavy atom.